The van der Waals surface area contributed by atoms with E-state index in [1.165, 1.54) is 10.5 Å². The molecule has 360 valence electrons. The minimum atomic E-state index is -0.734. The number of hydrogen-bond donors (Lipinski definition) is 1. The van der Waals surface area contributed by atoms with E-state index in [-0.39, 0.29) is 62.8 Å². The normalized spacial score (nSPS) is 31.3. The molecule has 0 heterocycles. The summed E-state index contributed by atoms with van der Waals surface area (Å²) < 4.78 is 0. The molecule has 7 heteroatoms. The molecule has 7 nitrogen and oxygen atoms in total. The summed E-state index contributed by atoms with van der Waals surface area (Å²) in [5, 5.41) is 13.5. The Morgan fingerprint density at radius 1 is 0.758 bits per heavy atom. The van der Waals surface area contributed by atoms with Gasteiger partial charge in [0.05, 0.1) is 5.41 Å². The molecule has 1 N–H and O–H groups in total. The van der Waals surface area contributed by atoms with Gasteiger partial charge in [-0.2, -0.15) is 5.26 Å². The monoisotopic (exact) mass is 900 g/mol. The third kappa shape index (κ3) is 11.7. The predicted molar refractivity (Wildman–Crippen MR) is 271 cm³/mol. The van der Waals surface area contributed by atoms with Gasteiger partial charge in [-0.3, -0.25) is 19.2 Å². The van der Waals surface area contributed by atoms with Crippen LogP contribution < -0.4 is 5.32 Å². The molecule has 0 bridgehead atoms. The summed E-state index contributed by atoms with van der Waals surface area (Å²) in [6.07, 6.45) is 50.3. The number of nitriles is 1. The molecule has 0 unspecified atom stereocenters. The van der Waals surface area contributed by atoms with Gasteiger partial charge in [-0.1, -0.05) is 153 Å². The fraction of sp³-hybridized carbons (Fsp3) is 0.644. The molecule has 66 heavy (non-hydrogen) atoms. The fourth-order valence-electron chi connectivity index (χ4n) is 13.1. The van der Waals surface area contributed by atoms with Crippen LogP contribution in [0.15, 0.2) is 96.7 Å². The van der Waals surface area contributed by atoms with E-state index >= 15 is 0 Å². The summed E-state index contributed by atoms with van der Waals surface area (Å²) in [6, 6.07) is 0. The predicted octanol–water partition coefficient (Wildman–Crippen LogP) is 13.8. The minimum absolute atomic E-state index is 0.0149. The Kier molecular flexibility index (Phi) is 18.5. The van der Waals surface area contributed by atoms with E-state index < -0.39 is 10.8 Å². The van der Waals surface area contributed by atoms with E-state index in [1.807, 2.05) is 6.08 Å². The van der Waals surface area contributed by atoms with Gasteiger partial charge in [0.2, 0.25) is 11.8 Å². The summed E-state index contributed by atoms with van der Waals surface area (Å²) in [5.74, 6) is -0.0228. The van der Waals surface area contributed by atoms with Gasteiger partial charge in [0.1, 0.15) is 0 Å². The van der Waals surface area contributed by atoms with Gasteiger partial charge in [0.15, 0.2) is 17.8 Å². The van der Waals surface area contributed by atoms with Crippen molar-refractivity contribution < 1.29 is 19.2 Å². The number of fused-ring (bicyclic) bond motifs is 7. The van der Waals surface area contributed by atoms with Crippen molar-refractivity contribution in [2.75, 3.05) is 13.1 Å². The number of carbonyl (C=O) groups is 4. The molecule has 5 rings (SSSR count). The Labute approximate surface area is 400 Å². The molecule has 3 fully saturated rings. The molecule has 3 saturated carbocycles. The van der Waals surface area contributed by atoms with Crippen LogP contribution in [0.2, 0.25) is 0 Å². The Hall–Kier alpha value is -4.31. The van der Waals surface area contributed by atoms with E-state index in [4.69, 9.17) is 0 Å². The Morgan fingerprint density at radius 3 is 1.94 bits per heavy atom. The van der Waals surface area contributed by atoms with Crippen LogP contribution in [-0.4, -0.2) is 41.4 Å². The number of rotatable bonds is 22. The average Bonchev–Trinajstić information content (AvgIpc) is 3.27. The lowest BCUT2D eigenvalue weighted by atomic mass is 9.34. The first-order valence-corrected chi connectivity index (χ1v) is 25.8. The maximum atomic E-state index is 14.9. The van der Waals surface area contributed by atoms with Crippen LogP contribution >= 0.6 is 0 Å². The number of hydrogen-bond acceptors (Lipinski definition) is 5. The van der Waals surface area contributed by atoms with Crippen molar-refractivity contribution in [3.8, 4) is 6.19 Å². The minimum Gasteiger partial charge on any atom is -0.356 e. The third-order valence-corrected chi connectivity index (χ3v) is 17.2. The molecule has 2 amide bonds. The van der Waals surface area contributed by atoms with Gasteiger partial charge in [0.25, 0.3) is 0 Å². The van der Waals surface area contributed by atoms with Crippen molar-refractivity contribution in [3.63, 3.8) is 0 Å². The van der Waals surface area contributed by atoms with E-state index in [9.17, 15) is 24.4 Å². The third-order valence-electron chi connectivity index (χ3n) is 17.2. The van der Waals surface area contributed by atoms with Crippen LogP contribution in [0.5, 0.6) is 0 Å². The molecule has 0 aromatic carbocycles. The Bertz CT molecular complexity index is 2020. The number of unbranched alkanes of at least 4 members (excludes halogenated alkanes) is 3. The van der Waals surface area contributed by atoms with Crippen molar-refractivity contribution >= 4 is 23.4 Å². The molecular weight excluding hydrogens is 815 g/mol. The second kappa shape index (κ2) is 23.1. The van der Waals surface area contributed by atoms with Gasteiger partial charge in [-0.15, -0.1) is 0 Å². The summed E-state index contributed by atoms with van der Waals surface area (Å²) in [7, 11) is 0. The van der Waals surface area contributed by atoms with E-state index in [0.717, 1.165) is 103 Å². The lowest BCUT2D eigenvalue weighted by molar-refractivity contribution is -0.182. The zero-order valence-electron chi connectivity index (χ0n) is 42.3. The van der Waals surface area contributed by atoms with Crippen molar-refractivity contribution in [2.45, 2.75) is 177 Å². The largest absolute Gasteiger partial charge is 0.356 e. The zero-order valence-corrected chi connectivity index (χ0v) is 42.3. The highest BCUT2D eigenvalue weighted by Crippen LogP contribution is 2.74. The highest BCUT2D eigenvalue weighted by Gasteiger charge is 2.70. The zero-order chi connectivity index (χ0) is 48.1. The molecular formula is C59H85N3O4. The highest BCUT2D eigenvalue weighted by molar-refractivity contribution is 5.98. The number of nitrogens with one attached hydrogen (secondary N) is 1. The summed E-state index contributed by atoms with van der Waals surface area (Å²) in [6.45, 7) is 18.8. The Balaban J connectivity index is 1.04. The molecule has 7 atom stereocenters. The lowest BCUT2D eigenvalue weighted by Gasteiger charge is -2.69. The Morgan fingerprint density at radius 2 is 1.33 bits per heavy atom. The van der Waals surface area contributed by atoms with Crippen LogP contribution in [0.3, 0.4) is 0 Å². The van der Waals surface area contributed by atoms with Crippen molar-refractivity contribution in [1.29, 1.82) is 5.26 Å². The second-order valence-electron chi connectivity index (χ2n) is 22.4. The van der Waals surface area contributed by atoms with Gasteiger partial charge < -0.3 is 5.32 Å². The average molecular weight is 900 g/mol. The van der Waals surface area contributed by atoms with Crippen LogP contribution in [0.25, 0.3) is 0 Å². The van der Waals surface area contributed by atoms with Crippen LogP contribution in [0, 0.1) is 61.7 Å². The van der Waals surface area contributed by atoms with E-state index in [1.54, 1.807) is 6.08 Å². The molecule has 0 aromatic heterocycles. The quantitative estimate of drug-likeness (QED) is 0.0504. The number of carbonyl (C=O) groups excluding carboxylic acids is 4. The first-order chi connectivity index (χ1) is 31.4. The molecule has 0 aliphatic heterocycles. The van der Waals surface area contributed by atoms with E-state index in [0.29, 0.717) is 32.4 Å². The standard InChI is InChI=1S/C59H85N3O4/c1-9-10-11-12-13-14-15-16-17-18-19-20-21-22-23-24-25-26-29-32-51(65)61-41-30-27-28-31-42-62(45-60)53(66)59-39-37-54(2,3)44-46(59)52-47(63)43-49-56(6)35-34-50(64)55(4,5)48(56)33-36-57(49,7)58(52,8)38-40-59/h10-11,13-14,16-17,19-20,22-23,25-26,34-35,43,46,48,52H,9,12,15,18,21,24,27-33,36-42,44H2,1-8H3,(H,61,65)/t46-,48-,52-,56-,57+,58+,59-/m0/s1. The molecule has 5 aliphatic carbocycles. The SMILES string of the molecule is CCC=CCC=CCC=CCC=CCC=CCC=CCCC(=O)NCCCCCCN(C#N)C(=O)[C@]12CCC(C)(C)C[C@H]1[C@H]1C(=O)C=C3[C@@]4(C)C=CC(=O)C(C)(C)[C@@H]4CC[C@@]3(C)[C@]1(C)CC2. The number of allylic oxidation sites excluding steroid dienone is 16. The molecule has 0 spiro atoms. The van der Waals surface area contributed by atoms with Crippen LogP contribution in [0.4, 0.5) is 0 Å². The van der Waals surface area contributed by atoms with Gasteiger partial charge in [0, 0.05) is 36.3 Å². The maximum Gasteiger partial charge on any atom is 0.242 e. The van der Waals surface area contributed by atoms with Crippen molar-refractivity contribution in [3.05, 3.63) is 96.7 Å². The second-order valence-corrected chi connectivity index (χ2v) is 22.4. The van der Waals surface area contributed by atoms with Crippen molar-refractivity contribution in [1.82, 2.24) is 10.2 Å². The first kappa shape index (κ1) is 52.7. The summed E-state index contributed by atoms with van der Waals surface area (Å²) in [4.78, 5) is 56.7. The fourth-order valence-corrected chi connectivity index (χ4v) is 13.1. The van der Waals surface area contributed by atoms with Gasteiger partial charge in [-0.05, 0) is 143 Å². The van der Waals surface area contributed by atoms with Crippen molar-refractivity contribution in [2.24, 2.45) is 50.2 Å². The molecule has 5 aliphatic rings. The highest BCUT2D eigenvalue weighted by atomic mass is 16.2. The number of ketones is 2. The molecule has 0 radical (unpaired) electrons. The van der Waals surface area contributed by atoms with E-state index in [2.05, 4.69) is 146 Å². The first-order valence-electron chi connectivity index (χ1n) is 25.8. The summed E-state index contributed by atoms with van der Waals surface area (Å²) >= 11 is 0. The van der Waals surface area contributed by atoms with Gasteiger partial charge >= 0.3 is 0 Å². The van der Waals surface area contributed by atoms with Crippen LogP contribution in [-0.2, 0) is 19.2 Å². The number of amides is 2. The smallest absolute Gasteiger partial charge is 0.242 e. The number of nitrogens with zero attached hydrogens (tertiary/aromatic N) is 2. The molecule has 0 aromatic rings. The van der Waals surface area contributed by atoms with Gasteiger partial charge in [-0.25, -0.2) is 4.90 Å². The maximum absolute atomic E-state index is 14.9. The summed E-state index contributed by atoms with van der Waals surface area (Å²) in [5.41, 5.74) is -1.05. The molecule has 0 saturated heterocycles. The lowest BCUT2D eigenvalue weighted by Crippen LogP contribution is -2.66. The topological polar surface area (TPSA) is 107 Å². The van der Waals surface area contributed by atoms with Crippen LogP contribution in [0.1, 0.15) is 177 Å².